The van der Waals surface area contributed by atoms with Crippen LogP contribution in [0.15, 0.2) is 18.5 Å². The third-order valence-electron chi connectivity index (χ3n) is 1.24. The lowest BCUT2D eigenvalue weighted by molar-refractivity contribution is 0.174. The molecule has 0 aliphatic carbocycles. The maximum atomic E-state index is 4.82. The summed E-state index contributed by atoms with van der Waals surface area (Å²) in [5.74, 6) is 0. The second-order valence-electron chi connectivity index (χ2n) is 2.08. The Balaban J connectivity index is 2.15. The summed E-state index contributed by atoms with van der Waals surface area (Å²) in [6, 6.07) is 2.03. The molecule has 0 fully saturated rings. The van der Waals surface area contributed by atoms with E-state index in [1.807, 2.05) is 18.5 Å². The molecule has 1 rings (SSSR count). The molecule has 0 aromatic carbocycles. The molecule has 3 heteroatoms. The molecule has 56 valence electrons. The Morgan fingerprint density at radius 1 is 1.70 bits per heavy atom. The normalized spacial score (nSPS) is 10.1. The van der Waals surface area contributed by atoms with Crippen LogP contribution in [-0.2, 0) is 11.3 Å². The Kier molecular flexibility index (Phi) is 2.99. The molecule has 0 aliphatic rings. The quantitative estimate of drug-likeness (QED) is 0.477. The number of nitrogens with one attached hydrogen (secondary N) is 2. The fourth-order valence-corrected chi connectivity index (χ4v) is 0.766. The second-order valence-corrected chi connectivity index (χ2v) is 2.08. The van der Waals surface area contributed by atoms with Crippen molar-refractivity contribution >= 4 is 0 Å². The highest BCUT2D eigenvalue weighted by atomic mass is 16.5. The van der Waals surface area contributed by atoms with Crippen LogP contribution in [0, 0.1) is 0 Å². The Bertz CT molecular complexity index is 160. The number of aromatic nitrogens is 1. The lowest BCUT2D eigenvalue weighted by Crippen LogP contribution is -2.15. The Morgan fingerprint density at radius 2 is 2.60 bits per heavy atom. The van der Waals surface area contributed by atoms with E-state index in [1.165, 1.54) is 5.56 Å². The van der Waals surface area contributed by atoms with E-state index in [-0.39, 0.29) is 0 Å². The first-order valence-electron chi connectivity index (χ1n) is 3.25. The number of hydrogen-bond acceptors (Lipinski definition) is 2. The van der Waals surface area contributed by atoms with Gasteiger partial charge in [0, 0.05) is 26.0 Å². The summed E-state index contributed by atoms with van der Waals surface area (Å²) in [6.45, 7) is 1.46. The summed E-state index contributed by atoms with van der Waals surface area (Å²) >= 11 is 0. The van der Waals surface area contributed by atoms with Crippen LogP contribution in [0.25, 0.3) is 0 Å². The highest BCUT2D eigenvalue weighted by Gasteiger charge is 1.88. The molecule has 0 bridgehead atoms. The zero-order chi connectivity index (χ0) is 7.23. The van der Waals surface area contributed by atoms with Crippen molar-refractivity contribution in [3.8, 4) is 0 Å². The van der Waals surface area contributed by atoms with E-state index in [4.69, 9.17) is 4.74 Å². The number of ether oxygens (including phenoxy) is 1. The maximum Gasteiger partial charge on any atom is 0.0964 e. The van der Waals surface area contributed by atoms with Gasteiger partial charge in [0.2, 0.25) is 0 Å². The van der Waals surface area contributed by atoms with Gasteiger partial charge in [-0.2, -0.15) is 0 Å². The first-order valence-corrected chi connectivity index (χ1v) is 3.25. The van der Waals surface area contributed by atoms with E-state index in [1.54, 1.807) is 7.11 Å². The molecule has 1 aromatic rings. The van der Waals surface area contributed by atoms with Crippen LogP contribution in [0.1, 0.15) is 5.56 Å². The minimum atomic E-state index is 0.602. The fourth-order valence-electron chi connectivity index (χ4n) is 0.766. The molecule has 0 amide bonds. The molecule has 3 nitrogen and oxygen atoms in total. The van der Waals surface area contributed by atoms with Crippen molar-refractivity contribution in [1.29, 1.82) is 0 Å². The van der Waals surface area contributed by atoms with Crippen molar-refractivity contribution in [3.63, 3.8) is 0 Å². The Labute approximate surface area is 60.4 Å². The number of H-pyrrole nitrogens is 1. The van der Waals surface area contributed by atoms with Crippen LogP contribution in [-0.4, -0.2) is 18.8 Å². The smallest absolute Gasteiger partial charge is 0.0964 e. The zero-order valence-electron chi connectivity index (χ0n) is 6.05. The van der Waals surface area contributed by atoms with Crippen molar-refractivity contribution in [3.05, 3.63) is 24.0 Å². The monoisotopic (exact) mass is 140 g/mol. The Morgan fingerprint density at radius 3 is 3.20 bits per heavy atom. The van der Waals surface area contributed by atoms with Gasteiger partial charge in [-0.3, -0.25) is 5.32 Å². The van der Waals surface area contributed by atoms with Crippen LogP contribution >= 0.6 is 0 Å². The molecule has 10 heavy (non-hydrogen) atoms. The summed E-state index contributed by atoms with van der Waals surface area (Å²) in [6.07, 6.45) is 3.87. The predicted molar refractivity (Wildman–Crippen MR) is 39.5 cm³/mol. The number of hydrogen-bond donors (Lipinski definition) is 2. The second kappa shape index (κ2) is 4.09. The molecule has 0 unspecified atom stereocenters. The van der Waals surface area contributed by atoms with Crippen molar-refractivity contribution in [2.45, 2.75) is 6.54 Å². The zero-order valence-corrected chi connectivity index (χ0v) is 6.05. The number of methoxy groups -OCH3 is 1. The topological polar surface area (TPSA) is 37.0 Å². The van der Waals surface area contributed by atoms with Gasteiger partial charge in [-0.05, 0) is 11.6 Å². The molecule has 0 atom stereocenters. The van der Waals surface area contributed by atoms with E-state index >= 15 is 0 Å². The number of rotatable bonds is 4. The highest BCUT2D eigenvalue weighted by molar-refractivity contribution is 5.07. The van der Waals surface area contributed by atoms with Crippen LogP contribution in [0.5, 0.6) is 0 Å². The lowest BCUT2D eigenvalue weighted by atomic mass is 10.3. The maximum absolute atomic E-state index is 4.82. The number of aromatic amines is 1. The first kappa shape index (κ1) is 7.31. The molecule has 0 spiro atoms. The van der Waals surface area contributed by atoms with Gasteiger partial charge in [0.25, 0.3) is 0 Å². The summed E-state index contributed by atoms with van der Waals surface area (Å²) in [5.41, 5.74) is 1.25. The molecule has 0 saturated carbocycles. The summed E-state index contributed by atoms with van der Waals surface area (Å²) in [4.78, 5) is 2.98. The molecule has 0 radical (unpaired) electrons. The van der Waals surface area contributed by atoms with Crippen LogP contribution < -0.4 is 5.32 Å². The van der Waals surface area contributed by atoms with Gasteiger partial charge in [-0.1, -0.05) is 0 Å². The summed E-state index contributed by atoms with van der Waals surface area (Å²) < 4.78 is 4.82. The van der Waals surface area contributed by atoms with Crippen LogP contribution in [0.2, 0.25) is 0 Å². The average Bonchev–Trinajstić information content (AvgIpc) is 2.41. The minimum Gasteiger partial charge on any atom is -0.370 e. The standard InChI is InChI=1S/C7H12N2O/c1-10-6-9-5-7-2-3-8-4-7/h2-4,8-9H,5-6H2,1H3. The minimum absolute atomic E-state index is 0.602. The van der Waals surface area contributed by atoms with Gasteiger partial charge in [-0.15, -0.1) is 0 Å². The van der Waals surface area contributed by atoms with E-state index in [9.17, 15) is 0 Å². The van der Waals surface area contributed by atoms with Crippen molar-refractivity contribution in [1.82, 2.24) is 10.3 Å². The third-order valence-corrected chi connectivity index (χ3v) is 1.24. The van der Waals surface area contributed by atoms with Crippen molar-refractivity contribution in [2.75, 3.05) is 13.8 Å². The van der Waals surface area contributed by atoms with Crippen molar-refractivity contribution in [2.24, 2.45) is 0 Å². The lowest BCUT2D eigenvalue weighted by Gasteiger charge is -1.98. The van der Waals surface area contributed by atoms with Crippen LogP contribution in [0.4, 0.5) is 0 Å². The predicted octanol–water partition coefficient (Wildman–Crippen LogP) is 0.708. The largest absolute Gasteiger partial charge is 0.370 e. The van der Waals surface area contributed by atoms with E-state index in [0.29, 0.717) is 6.73 Å². The molecule has 0 aliphatic heterocycles. The molecular formula is C7H12N2O. The SMILES string of the molecule is COCNCc1cc[nH]c1. The Hall–Kier alpha value is -0.800. The summed E-state index contributed by atoms with van der Waals surface area (Å²) in [5, 5.41) is 3.10. The van der Waals surface area contributed by atoms with E-state index < -0.39 is 0 Å². The van der Waals surface area contributed by atoms with Crippen molar-refractivity contribution < 1.29 is 4.74 Å². The van der Waals surface area contributed by atoms with E-state index in [2.05, 4.69) is 10.3 Å². The van der Waals surface area contributed by atoms with Gasteiger partial charge in [-0.25, -0.2) is 0 Å². The highest BCUT2D eigenvalue weighted by Crippen LogP contribution is 1.93. The fraction of sp³-hybridized carbons (Fsp3) is 0.429. The molecule has 2 N–H and O–H groups in total. The van der Waals surface area contributed by atoms with E-state index in [0.717, 1.165) is 6.54 Å². The molecular weight excluding hydrogens is 128 g/mol. The molecule has 1 aromatic heterocycles. The van der Waals surface area contributed by atoms with Crippen LogP contribution in [0.3, 0.4) is 0 Å². The summed E-state index contributed by atoms with van der Waals surface area (Å²) in [7, 11) is 1.67. The average molecular weight is 140 g/mol. The van der Waals surface area contributed by atoms with Gasteiger partial charge >= 0.3 is 0 Å². The first-order chi connectivity index (χ1) is 4.93. The molecule has 0 saturated heterocycles. The molecule has 1 heterocycles. The van der Waals surface area contributed by atoms with Gasteiger partial charge in [0.15, 0.2) is 0 Å². The third kappa shape index (κ3) is 2.21. The van der Waals surface area contributed by atoms with Gasteiger partial charge < -0.3 is 9.72 Å². The van der Waals surface area contributed by atoms with Gasteiger partial charge in [0.1, 0.15) is 0 Å². The van der Waals surface area contributed by atoms with Gasteiger partial charge in [0.05, 0.1) is 6.73 Å².